The molecule has 0 radical (unpaired) electrons. The molecular weight excluding hydrogens is 326 g/mol. The fraction of sp³-hybridized carbons (Fsp3) is 0.381. The summed E-state index contributed by atoms with van der Waals surface area (Å²) in [6, 6.07) is 8.98. The maximum absolute atomic E-state index is 12.6. The zero-order valence-corrected chi connectivity index (χ0v) is 14.9. The number of pyridine rings is 1. The highest BCUT2D eigenvalue weighted by atomic mass is 16.2. The lowest BCUT2D eigenvalue weighted by atomic mass is 9.88. The Labute approximate surface area is 153 Å². The van der Waals surface area contributed by atoms with Crippen molar-refractivity contribution in [2.75, 3.05) is 10.6 Å². The quantitative estimate of drug-likeness (QED) is 0.876. The van der Waals surface area contributed by atoms with Gasteiger partial charge >= 0.3 is 0 Å². The van der Waals surface area contributed by atoms with Crippen molar-refractivity contribution < 1.29 is 9.59 Å². The normalized spacial score (nSPS) is 23.7. The van der Waals surface area contributed by atoms with Gasteiger partial charge in [-0.3, -0.25) is 14.6 Å². The summed E-state index contributed by atoms with van der Waals surface area (Å²) in [7, 11) is 0. The van der Waals surface area contributed by atoms with Gasteiger partial charge in [-0.2, -0.15) is 0 Å². The van der Waals surface area contributed by atoms with Crippen molar-refractivity contribution in [2.45, 2.75) is 32.6 Å². The number of rotatable bonds is 4. The molecule has 0 aliphatic heterocycles. The van der Waals surface area contributed by atoms with Crippen molar-refractivity contribution in [3.63, 3.8) is 0 Å². The number of fused-ring (bicyclic) bond motifs is 2. The number of nitrogens with zero attached hydrogens (tertiary/aromatic N) is 1. The van der Waals surface area contributed by atoms with Gasteiger partial charge in [-0.05, 0) is 67.9 Å². The molecule has 4 rings (SSSR count). The lowest BCUT2D eigenvalue weighted by Gasteiger charge is -2.21. The second-order valence-corrected chi connectivity index (χ2v) is 7.49. The number of aryl methyl sites for hydroxylation is 1. The molecule has 2 bridgehead atoms. The maximum Gasteiger partial charge on any atom is 0.255 e. The summed E-state index contributed by atoms with van der Waals surface area (Å²) in [6.07, 6.45) is 7.88. The first-order chi connectivity index (χ1) is 12.6. The second-order valence-electron chi connectivity index (χ2n) is 7.49. The van der Waals surface area contributed by atoms with Gasteiger partial charge in [-0.25, -0.2) is 0 Å². The van der Waals surface area contributed by atoms with Crippen LogP contribution in [-0.2, 0) is 4.79 Å². The van der Waals surface area contributed by atoms with Gasteiger partial charge in [0.2, 0.25) is 5.91 Å². The van der Waals surface area contributed by atoms with Gasteiger partial charge in [0.05, 0.1) is 0 Å². The maximum atomic E-state index is 12.6. The third-order valence-corrected chi connectivity index (χ3v) is 5.77. The van der Waals surface area contributed by atoms with Crippen LogP contribution < -0.4 is 10.6 Å². The minimum absolute atomic E-state index is 0.118. The summed E-state index contributed by atoms with van der Waals surface area (Å²) < 4.78 is 0. The molecule has 0 spiro atoms. The van der Waals surface area contributed by atoms with Crippen LogP contribution in [0.25, 0.3) is 0 Å². The molecule has 134 valence electrons. The van der Waals surface area contributed by atoms with Crippen LogP contribution in [0.5, 0.6) is 0 Å². The smallest absolute Gasteiger partial charge is 0.255 e. The SMILES string of the molecule is Cc1ccc(NC(=O)C2CC3CCC2C3)cc1NC(=O)c1ccncc1. The van der Waals surface area contributed by atoms with Gasteiger partial charge in [-0.1, -0.05) is 12.5 Å². The van der Waals surface area contributed by atoms with E-state index in [9.17, 15) is 9.59 Å². The standard InChI is InChI=1S/C21H23N3O2/c1-13-2-5-17(23-21(26)18-11-14-3-4-16(18)10-14)12-19(13)24-20(25)15-6-8-22-9-7-15/h2,5-9,12,14,16,18H,3-4,10-11H2,1H3,(H,23,26)(H,24,25). The van der Waals surface area contributed by atoms with E-state index in [0.717, 1.165) is 23.6 Å². The minimum atomic E-state index is -0.188. The summed E-state index contributed by atoms with van der Waals surface area (Å²) >= 11 is 0. The molecule has 2 N–H and O–H groups in total. The van der Waals surface area contributed by atoms with E-state index in [1.54, 1.807) is 24.5 Å². The molecule has 2 aromatic rings. The topological polar surface area (TPSA) is 71.1 Å². The van der Waals surface area contributed by atoms with Crippen LogP contribution in [0.15, 0.2) is 42.7 Å². The van der Waals surface area contributed by atoms with Crippen molar-refractivity contribution in [1.82, 2.24) is 4.98 Å². The van der Waals surface area contributed by atoms with Crippen molar-refractivity contribution in [2.24, 2.45) is 17.8 Å². The fourth-order valence-corrected chi connectivity index (χ4v) is 4.33. The number of hydrogen-bond donors (Lipinski definition) is 2. The number of anilines is 2. The first-order valence-electron chi connectivity index (χ1n) is 9.23. The Balaban J connectivity index is 1.46. The molecule has 26 heavy (non-hydrogen) atoms. The summed E-state index contributed by atoms with van der Waals surface area (Å²) in [6.45, 7) is 1.93. The zero-order chi connectivity index (χ0) is 18.1. The molecule has 1 heterocycles. The lowest BCUT2D eigenvalue weighted by Crippen LogP contribution is -2.27. The number of hydrogen-bond acceptors (Lipinski definition) is 3. The molecule has 3 atom stereocenters. The Hall–Kier alpha value is -2.69. The minimum Gasteiger partial charge on any atom is -0.326 e. The van der Waals surface area contributed by atoms with Crippen LogP contribution in [0.2, 0.25) is 0 Å². The fourth-order valence-electron chi connectivity index (χ4n) is 4.33. The number of benzene rings is 1. The Morgan fingerprint density at radius 2 is 1.85 bits per heavy atom. The summed E-state index contributed by atoms with van der Waals surface area (Å²) in [5.74, 6) is 1.37. The highest BCUT2D eigenvalue weighted by Crippen LogP contribution is 2.48. The van der Waals surface area contributed by atoms with Gasteiger partial charge in [-0.15, -0.1) is 0 Å². The third kappa shape index (κ3) is 3.34. The predicted octanol–water partition coefficient (Wildman–Crippen LogP) is 4.02. The number of nitrogens with one attached hydrogen (secondary N) is 2. The van der Waals surface area contributed by atoms with Crippen molar-refractivity contribution >= 4 is 23.2 Å². The monoisotopic (exact) mass is 349 g/mol. The molecule has 3 unspecified atom stereocenters. The first kappa shape index (κ1) is 16.8. The lowest BCUT2D eigenvalue weighted by molar-refractivity contribution is -0.121. The molecule has 1 aromatic heterocycles. The molecule has 1 aromatic carbocycles. The van der Waals surface area contributed by atoms with Crippen molar-refractivity contribution in [3.05, 3.63) is 53.9 Å². The van der Waals surface area contributed by atoms with Crippen LogP contribution in [0.3, 0.4) is 0 Å². The van der Waals surface area contributed by atoms with E-state index in [1.165, 1.54) is 19.3 Å². The summed E-state index contributed by atoms with van der Waals surface area (Å²) in [5, 5.41) is 5.97. The highest BCUT2D eigenvalue weighted by Gasteiger charge is 2.43. The van der Waals surface area contributed by atoms with Crippen molar-refractivity contribution in [1.29, 1.82) is 0 Å². The Bertz CT molecular complexity index is 834. The Kier molecular flexibility index (Phi) is 4.45. The summed E-state index contributed by atoms with van der Waals surface area (Å²) in [5.41, 5.74) is 2.94. The van der Waals surface area contributed by atoms with E-state index in [1.807, 2.05) is 25.1 Å². The number of carbonyl (C=O) groups excluding carboxylic acids is 2. The van der Waals surface area contributed by atoms with E-state index in [0.29, 0.717) is 17.2 Å². The van der Waals surface area contributed by atoms with E-state index >= 15 is 0 Å². The average molecular weight is 349 g/mol. The molecule has 2 aliphatic rings. The molecule has 5 heteroatoms. The Morgan fingerprint density at radius 1 is 1.04 bits per heavy atom. The third-order valence-electron chi connectivity index (χ3n) is 5.77. The van der Waals surface area contributed by atoms with Crippen LogP contribution in [0.1, 0.15) is 41.6 Å². The second kappa shape index (κ2) is 6.90. The largest absolute Gasteiger partial charge is 0.326 e. The van der Waals surface area contributed by atoms with Gasteiger partial charge in [0.1, 0.15) is 0 Å². The number of aromatic nitrogens is 1. The average Bonchev–Trinajstić information content (AvgIpc) is 3.28. The van der Waals surface area contributed by atoms with Gasteiger partial charge in [0.25, 0.3) is 5.91 Å². The summed E-state index contributed by atoms with van der Waals surface area (Å²) in [4.78, 5) is 28.9. The van der Waals surface area contributed by atoms with E-state index < -0.39 is 0 Å². The molecule has 2 aliphatic carbocycles. The van der Waals surface area contributed by atoms with Crippen molar-refractivity contribution in [3.8, 4) is 0 Å². The number of carbonyl (C=O) groups is 2. The van der Waals surface area contributed by atoms with Crippen LogP contribution in [0, 0.1) is 24.7 Å². The molecular formula is C21H23N3O2. The zero-order valence-electron chi connectivity index (χ0n) is 14.9. The van der Waals surface area contributed by atoms with Crippen LogP contribution in [0.4, 0.5) is 11.4 Å². The molecule has 2 amide bonds. The van der Waals surface area contributed by atoms with E-state index in [-0.39, 0.29) is 17.7 Å². The van der Waals surface area contributed by atoms with Crippen LogP contribution in [-0.4, -0.2) is 16.8 Å². The van der Waals surface area contributed by atoms with Gasteiger partial charge in [0, 0.05) is 35.2 Å². The van der Waals surface area contributed by atoms with E-state index in [4.69, 9.17) is 0 Å². The van der Waals surface area contributed by atoms with Gasteiger partial charge < -0.3 is 10.6 Å². The van der Waals surface area contributed by atoms with Gasteiger partial charge in [0.15, 0.2) is 0 Å². The molecule has 2 saturated carbocycles. The predicted molar refractivity (Wildman–Crippen MR) is 101 cm³/mol. The Morgan fingerprint density at radius 3 is 2.54 bits per heavy atom. The molecule has 0 saturated heterocycles. The van der Waals surface area contributed by atoms with E-state index in [2.05, 4.69) is 15.6 Å². The number of amides is 2. The first-order valence-corrected chi connectivity index (χ1v) is 9.23. The molecule has 5 nitrogen and oxygen atoms in total. The molecule has 2 fully saturated rings. The highest BCUT2D eigenvalue weighted by molar-refractivity contribution is 6.05. The van der Waals surface area contributed by atoms with Crippen LogP contribution >= 0.6 is 0 Å².